The zero-order valence-electron chi connectivity index (χ0n) is 8.81. The van der Waals surface area contributed by atoms with Gasteiger partial charge >= 0.3 is 5.97 Å². The van der Waals surface area contributed by atoms with Crippen LogP contribution in [-0.2, 0) is 16.0 Å². The minimum absolute atomic E-state index is 0.0997. The number of esters is 1. The van der Waals surface area contributed by atoms with Crippen LogP contribution in [0.25, 0.3) is 0 Å². The lowest BCUT2D eigenvalue weighted by molar-refractivity contribution is -0.384. The molecule has 6 nitrogen and oxygen atoms in total. The molecule has 7 heteroatoms. The topological polar surface area (TPSA) is 86.5 Å². The first-order chi connectivity index (χ1) is 8.01. The van der Waals surface area contributed by atoms with Gasteiger partial charge in [-0.25, -0.2) is 0 Å². The molecule has 0 amide bonds. The van der Waals surface area contributed by atoms with Crippen LogP contribution in [0.4, 0.5) is 5.69 Å². The number of nitro benzene ring substituents is 1. The summed E-state index contributed by atoms with van der Waals surface area (Å²) in [4.78, 5) is 31.8. The highest BCUT2D eigenvalue weighted by Gasteiger charge is 2.21. The van der Waals surface area contributed by atoms with E-state index in [9.17, 15) is 19.7 Å². The Labute approximate surface area is 101 Å². The lowest BCUT2D eigenvalue weighted by Crippen LogP contribution is -2.08. The fourth-order valence-corrected chi connectivity index (χ4v) is 1.58. The number of methoxy groups -OCH3 is 1. The third kappa shape index (κ3) is 2.79. The van der Waals surface area contributed by atoms with E-state index in [0.717, 1.165) is 6.07 Å². The Morgan fingerprint density at radius 3 is 2.71 bits per heavy atom. The minimum atomic E-state index is -0.683. The van der Waals surface area contributed by atoms with Crippen LogP contribution in [0.1, 0.15) is 15.9 Å². The fourth-order valence-electron chi connectivity index (χ4n) is 1.27. The maximum absolute atomic E-state index is 11.1. The van der Waals surface area contributed by atoms with Gasteiger partial charge < -0.3 is 4.74 Å². The molecular formula is C10H8ClNO5. The maximum Gasteiger partial charge on any atom is 0.310 e. The average molecular weight is 258 g/mol. The van der Waals surface area contributed by atoms with Crippen molar-refractivity contribution < 1.29 is 19.2 Å². The van der Waals surface area contributed by atoms with E-state index in [-0.39, 0.29) is 28.3 Å². The van der Waals surface area contributed by atoms with Crippen LogP contribution in [0.2, 0.25) is 5.02 Å². The highest BCUT2D eigenvalue weighted by Crippen LogP contribution is 2.30. The van der Waals surface area contributed by atoms with Crippen molar-refractivity contribution in [2.75, 3.05) is 7.11 Å². The van der Waals surface area contributed by atoms with Crippen LogP contribution in [0.5, 0.6) is 0 Å². The van der Waals surface area contributed by atoms with Gasteiger partial charge in [0.05, 0.1) is 18.5 Å². The smallest absolute Gasteiger partial charge is 0.310 e. The van der Waals surface area contributed by atoms with Crippen molar-refractivity contribution >= 4 is 29.5 Å². The van der Waals surface area contributed by atoms with Crippen LogP contribution < -0.4 is 0 Å². The molecule has 0 radical (unpaired) electrons. The first kappa shape index (κ1) is 13.1. The van der Waals surface area contributed by atoms with E-state index in [0.29, 0.717) is 6.29 Å². The number of hydrogen-bond donors (Lipinski definition) is 0. The summed E-state index contributed by atoms with van der Waals surface area (Å²) >= 11 is 5.78. The second-order valence-electron chi connectivity index (χ2n) is 3.09. The van der Waals surface area contributed by atoms with Crippen molar-refractivity contribution in [3.05, 3.63) is 38.4 Å². The number of hydrogen-bond acceptors (Lipinski definition) is 5. The Hall–Kier alpha value is -1.95. The molecule has 90 valence electrons. The molecule has 0 aliphatic carbocycles. The highest BCUT2D eigenvalue weighted by atomic mass is 35.5. The summed E-state index contributed by atoms with van der Waals surface area (Å²) in [6.45, 7) is 0. The van der Waals surface area contributed by atoms with Crippen LogP contribution >= 0.6 is 11.6 Å². The monoisotopic (exact) mass is 257 g/mol. The van der Waals surface area contributed by atoms with Crippen LogP contribution in [-0.4, -0.2) is 24.3 Å². The normalized spacial score (nSPS) is 9.76. The van der Waals surface area contributed by atoms with E-state index in [1.165, 1.54) is 13.2 Å². The van der Waals surface area contributed by atoms with Crippen LogP contribution in [0.15, 0.2) is 12.1 Å². The molecule has 0 aliphatic heterocycles. The van der Waals surface area contributed by atoms with Gasteiger partial charge in [-0.1, -0.05) is 11.6 Å². The summed E-state index contributed by atoms with van der Waals surface area (Å²) in [5, 5.41) is 10.4. The number of ether oxygens (including phenoxy) is 1. The van der Waals surface area contributed by atoms with E-state index < -0.39 is 10.9 Å². The van der Waals surface area contributed by atoms with Crippen molar-refractivity contribution in [1.82, 2.24) is 0 Å². The molecule has 1 aromatic rings. The number of benzene rings is 1. The minimum Gasteiger partial charge on any atom is -0.469 e. The van der Waals surface area contributed by atoms with Gasteiger partial charge in [-0.15, -0.1) is 0 Å². The van der Waals surface area contributed by atoms with Crippen LogP contribution in [0, 0.1) is 10.1 Å². The molecule has 0 bridgehead atoms. The van der Waals surface area contributed by atoms with Crippen molar-refractivity contribution in [2.24, 2.45) is 0 Å². The fraction of sp³-hybridized carbons (Fsp3) is 0.200. The number of aldehydes is 1. The second-order valence-corrected chi connectivity index (χ2v) is 3.47. The first-order valence-electron chi connectivity index (χ1n) is 4.49. The molecule has 0 atom stereocenters. The second kappa shape index (κ2) is 5.40. The molecule has 17 heavy (non-hydrogen) atoms. The molecule has 0 aromatic heterocycles. The van der Waals surface area contributed by atoms with Crippen molar-refractivity contribution in [3.63, 3.8) is 0 Å². The lowest BCUT2D eigenvalue weighted by atomic mass is 10.0. The van der Waals surface area contributed by atoms with Gasteiger partial charge in [0.25, 0.3) is 5.69 Å². The van der Waals surface area contributed by atoms with Crippen molar-refractivity contribution in [2.45, 2.75) is 6.42 Å². The number of nitro groups is 1. The van der Waals surface area contributed by atoms with Gasteiger partial charge in [0, 0.05) is 11.6 Å². The molecular weight excluding hydrogens is 250 g/mol. The van der Waals surface area contributed by atoms with E-state index in [2.05, 4.69) is 4.74 Å². The number of rotatable bonds is 4. The number of halogens is 1. The summed E-state index contributed by atoms with van der Waals surface area (Å²) in [5.74, 6) is -0.629. The van der Waals surface area contributed by atoms with Crippen molar-refractivity contribution in [1.29, 1.82) is 0 Å². The Bertz CT molecular complexity index is 486. The summed E-state index contributed by atoms with van der Waals surface area (Å²) in [6, 6.07) is 2.36. The molecule has 0 heterocycles. The number of carbonyl (C=O) groups excluding carboxylic acids is 2. The molecule has 0 aliphatic rings. The summed E-state index contributed by atoms with van der Waals surface area (Å²) in [7, 11) is 1.17. The Kier molecular flexibility index (Phi) is 4.17. The average Bonchev–Trinajstić information content (AvgIpc) is 2.30. The molecule has 1 rings (SSSR count). The van der Waals surface area contributed by atoms with E-state index >= 15 is 0 Å². The van der Waals surface area contributed by atoms with Gasteiger partial charge in [-0.05, 0) is 11.6 Å². The van der Waals surface area contributed by atoms with E-state index in [1.807, 2.05) is 0 Å². The Balaban J connectivity index is 3.32. The Morgan fingerprint density at radius 1 is 1.59 bits per heavy atom. The summed E-state index contributed by atoms with van der Waals surface area (Å²) < 4.78 is 4.43. The van der Waals surface area contributed by atoms with Gasteiger partial charge in [-0.2, -0.15) is 0 Å². The zero-order valence-corrected chi connectivity index (χ0v) is 9.56. The van der Waals surface area contributed by atoms with Gasteiger partial charge in [-0.3, -0.25) is 19.7 Å². The summed E-state index contributed by atoms with van der Waals surface area (Å²) in [5.41, 5.74) is -0.120. The molecule has 1 aromatic carbocycles. The predicted octanol–water partition coefficient (Wildman–Crippen LogP) is 1.78. The quantitative estimate of drug-likeness (QED) is 0.355. The lowest BCUT2D eigenvalue weighted by Gasteiger charge is -2.06. The first-order valence-corrected chi connectivity index (χ1v) is 4.86. The highest BCUT2D eigenvalue weighted by molar-refractivity contribution is 6.34. The van der Waals surface area contributed by atoms with Gasteiger partial charge in [0.15, 0.2) is 0 Å². The molecule has 0 unspecified atom stereocenters. The molecule has 0 N–H and O–H groups in total. The molecule has 0 saturated carbocycles. The molecule has 0 spiro atoms. The third-order valence-electron chi connectivity index (χ3n) is 2.13. The van der Waals surface area contributed by atoms with E-state index in [1.54, 1.807) is 0 Å². The molecule has 0 fully saturated rings. The SMILES string of the molecule is COC(=O)Cc1c(C=O)ccc([N+](=O)[O-])c1Cl. The summed E-state index contributed by atoms with van der Waals surface area (Å²) in [6.07, 6.45) is 0.193. The van der Waals surface area contributed by atoms with Gasteiger partial charge in [0.1, 0.15) is 11.3 Å². The van der Waals surface area contributed by atoms with E-state index in [4.69, 9.17) is 11.6 Å². The van der Waals surface area contributed by atoms with Gasteiger partial charge in [0.2, 0.25) is 0 Å². The van der Waals surface area contributed by atoms with Crippen LogP contribution in [0.3, 0.4) is 0 Å². The predicted molar refractivity (Wildman–Crippen MR) is 59.2 cm³/mol. The van der Waals surface area contributed by atoms with Crippen molar-refractivity contribution in [3.8, 4) is 0 Å². The Morgan fingerprint density at radius 2 is 2.24 bits per heavy atom. The number of carbonyl (C=O) groups is 2. The third-order valence-corrected chi connectivity index (χ3v) is 2.55. The largest absolute Gasteiger partial charge is 0.469 e. The maximum atomic E-state index is 11.1. The zero-order chi connectivity index (χ0) is 13.0. The molecule has 0 saturated heterocycles. The number of nitrogens with zero attached hydrogens (tertiary/aromatic N) is 1. The standard InChI is InChI=1S/C10H8ClNO5/c1-17-9(14)4-7-6(5-13)2-3-8(10(7)11)12(15)16/h2-3,5H,4H2,1H3.